The number of hydrogen-bond donors (Lipinski definition) is 0. The fourth-order valence-corrected chi connectivity index (χ4v) is 3.93. The van der Waals surface area contributed by atoms with Crippen molar-refractivity contribution in [1.29, 1.82) is 0 Å². The molecule has 0 aromatic heterocycles. The van der Waals surface area contributed by atoms with E-state index in [9.17, 15) is 19.7 Å². The minimum absolute atomic E-state index is 0.00234. The van der Waals surface area contributed by atoms with Gasteiger partial charge in [0.15, 0.2) is 6.10 Å². The van der Waals surface area contributed by atoms with Gasteiger partial charge in [0, 0.05) is 30.3 Å². The number of benzene rings is 3. The van der Waals surface area contributed by atoms with Crippen molar-refractivity contribution in [3.63, 3.8) is 0 Å². The molecule has 1 fully saturated rings. The largest absolute Gasteiger partial charge is 0.445 e. The summed E-state index contributed by atoms with van der Waals surface area (Å²) in [5, 5.41) is 11.8. The van der Waals surface area contributed by atoms with Crippen molar-refractivity contribution in [2.75, 3.05) is 31.2 Å². The van der Waals surface area contributed by atoms with Gasteiger partial charge in [-0.25, -0.2) is 4.79 Å². The minimum atomic E-state index is -1.19. The Labute approximate surface area is 203 Å². The molecule has 8 heteroatoms. The van der Waals surface area contributed by atoms with Crippen molar-refractivity contribution < 1.29 is 24.0 Å². The lowest BCUT2D eigenvalue weighted by Gasteiger charge is -2.28. The van der Waals surface area contributed by atoms with E-state index in [2.05, 4.69) is 0 Å². The van der Waals surface area contributed by atoms with Gasteiger partial charge in [-0.2, -0.15) is 0 Å². The minimum Gasteiger partial charge on any atom is -0.445 e. The number of nitro groups is 1. The number of carbonyl (C=O) groups excluding carboxylic acids is 2. The molecule has 3 aromatic carbocycles. The third-order valence-corrected chi connectivity index (χ3v) is 5.94. The number of nitro benzene ring substituents is 1. The second-order valence-corrected chi connectivity index (χ2v) is 8.49. The van der Waals surface area contributed by atoms with Gasteiger partial charge in [-0.05, 0) is 26.0 Å². The molecule has 0 saturated carbocycles. The summed E-state index contributed by atoms with van der Waals surface area (Å²) >= 11 is 0. The van der Waals surface area contributed by atoms with Crippen LogP contribution in [0.25, 0.3) is 0 Å². The molecule has 180 valence electrons. The Hall–Kier alpha value is -4.04. The van der Waals surface area contributed by atoms with Crippen molar-refractivity contribution in [2.45, 2.75) is 20.0 Å². The third-order valence-electron chi connectivity index (χ3n) is 5.94. The van der Waals surface area contributed by atoms with E-state index in [1.54, 1.807) is 30.3 Å². The highest BCUT2D eigenvalue weighted by molar-refractivity contribution is 6.02. The number of ketones is 1. The number of carbonyl (C=O) groups is 2. The first-order valence-corrected chi connectivity index (χ1v) is 11.3. The second-order valence-electron chi connectivity index (χ2n) is 8.49. The Balaban J connectivity index is 1.64. The van der Waals surface area contributed by atoms with Gasteiger partial charge in [-0.1, -0.05) is 59.7 Å². The molecule has 1 aliphatic rings. The lowest BCUT2D eigenvalue weighted by atomic mass is 9.98. The van der Waals surface area contributed by atoms with Crippen LogP contribution < -0.4 is 4.90 Å². The highest BCUT2D eigenvalue weighted by Crippen LogP contribution is 2.31. The average molecular weight is 475 g/mol. The van der Waals surface area contributed by atoms with Crippen LogP contribution in [0, 0.1) is 24.0 Å². The molecule has 1 atom stereocenters. The highest BCUT2D eigenvalue weighted by Gasteiger charge is 2.29. The van der Waals surface area contributed by atoms with E-state index in [4.69, 9.17) is 9.47 Å². The SMILES string of the molecule is Cc1ccc(C(=O)[C@@H](OC(=O)c2ccc(N3CCOCC3)c([N+](=O)[O-])c2)c2ccc(C)cc2)cc1. The molecule has 3 aromatic rings. The van der Waals surface area contributed by atoms with Crippen molar-refractivity contribution in [2.24, 2.45) is 0 Å². The smallest absolute Gasteiger partial charge is 0.339 e. The normalized spacial score (nSPS) is 14.3. The maximum absolute atomic E-state index is 13.3. The van der Waals surface area contributed by atoms with E-state index in [0.29, 0.717) is 43.1 Å². The molecule has 35 heavy (non-hydrogen) atoms. The molecule has 0 radical (unpaired) electrons. The van der Waals surface area contributed by atoms with E-state index < -0.39 is 17.0 Å². The summed E-state index contributed by atoms with van der Waals surface area (Å²) in [7, 11) is 0. The molecule has 1 saturated heterocycles. The van der Waals surface area contributed by atoms with Crippen molar-refractivity contribution in [3.8, 4) is 0 Å². The molecule has 0 amide bonds. The molecular formula is C27H26N2O6. The van der Waals surface area contributed by atoms with E-state index in [0.717, 1.165) is 11.1 Å². The monoisotopic (exact) mass is 474 g/mol. The predicted molar refractivity (Wildman–Crippen MR) is 131 cm³/mol. The topological polar surface area (TPSA) is 99.0 Å². The fraction of sp³-hybridized carbons (Fsp3) is 0.259. The summed E-state index contributed by atoms with van der Waals surface area (Å²) in [6, 6.07) is 18.4. The summed E-state index contributed by atoms with van der Waals surface area (Å²) in [5.41, 5.74) is 3.15. The number of anilines is 1. The van der Waals surface area contributed by atoms with Crippen LogP contribution in [0.4, 0.5) is 11.4 Å². The van der Waals surface area contributed by atoms with Gasteiger partial charge < -0.3 is 14.4 Å². The lowest BCUT2D eigenvalue weighted by Crippen LogP contribution is -2.36. The molecule has 1 aliphatic heterocycles. The summed E-state index contributed by atoms with van der Waals surface area (Å²) in [5.74, 6) is -1.19. The quantitative estimate of drug-likeness (QED) is 0.209. The van der Waals surface area contributed by atoms with Crippen LogP contribution in [-0.2, 0) is 9.47 Å². The molecule has 0 spiro atoms. The molecular weight excluding hydrogens is 448 g/mol. The Morgan fingerprint density at radius 1 is 0.914 bits per heavy atom. The second kappa shape index (κ2) is 10.5. The average Bonchev–Trinajstić information content (AvgIpc) is 2.88. The van der Waals surface area contributed by atoms with Crippen molar-refractivity contribution in [1.82, 2.24) is 0 Å². The van der Waals surface area contributed by atoms with Gasteiger partial charge in [-0.15, -0.1) is 0 Å². The number of nitrogens with zero attached hydrogens (tertiary/aromatic N) is 2. The van der Waals surface area contributed by atoms with Gasteiger partial charge in [0.1, 0.15) is 5.69 Å². The summed E-state index contributed by atoms with van der Waals surface area (Å²) < 4.78 is 11.0. The number of morpholine rings is 1. The van der Waals surface area contributed by atoms with Crippen molar-refractivity contribution in [3.05, 3.63) is 105 Å². The Morgan fingerprint density at radius 3 is 2.09 bits per heavy atom. The lowest BCUT2D eigenvalue weighted by molar-refractivity contribution is -0.384. The maximum Gasteiger partial charge on any atom is 0.339 e. The number of rotatable bonds is 7. The number of Topliss-reactive ketones (excluding diaryl/α,β-unsaturated/α-hetero) is 1. The zero-order chi connectivity index (χ0) is 24.9. The van der Waals surface area contributed by atoms with Crippen LogP contribution in [0.3, 0.4) is 0 Å². The Kier molecular flexibility index (Phi) is 7.22. The molecule has 0 N–H and O–H groups in total. The van der Waals surface area contributed by atoms with Crippen LogP contribution in [0.15, 0.2) is 66.7 Å². The first-order valence-electron chi connectivity index (χ1n) is 11.3. The van der Waals surface area contributed by atoms with Crippen molar-refractivity contribution >= 4 is 23.1 Å². The van der Waals surface area contributed by atoms with Gasteiger partial charge in [0.2, 0.25) is 5.78 Å². The number of hydrogen-bond acceptors (Lipinski definition) is 7. The van der Waals surface area contributed by atoms with E-state index in [1.807, 2.05) is 43.0 Å². The number of aryl methyl sites for hydroxylation is 2. The molecule has 4 rings (SSSR count). The number of esters is 1. The molecule has 1 heterocycles. The van der Waals surface area contributed by atoms with Gasteiger partial charge in [0.05, 0.1) is 23.7 Å². The molecule has 0 unspecified atom stereocenters. The zero-order valence-corrected chi connectivity index (χ0v) is 19.6. The van der Waals surface area contributed by atoms with Gasteiger partial charge in [0.25, 0.3) is 5.69 Å². The summed E-state index contributed by atoms with van der Waals surface area (Å²) in [4.78, 5) is 39.6. The highest BCUT2D eigenvalue weighted by atomic mass is 16.6. The summed E-state index contributed by atoms with van der Waals surface area (Å²) in [6.07, 6.45) is -1.19. The van der Waals surface area contributed by atoms with Crippen LogP contribution in [0.1, 0.15) is 43.5 Å². The Morgan fingerprint density at radius 2 is 1.49 bits per heavy atom. The first-order chi connectivity index (χ1) is 16.8. The fourth-order valence-electron chi connectivity index (χ4n) is 3.93. The number of ether oxygens (including phenoxy) is 2. The zero-order valence-electron chi connectivity index (χ0n) is 19.6. The van der Waals surface area contributed by atoms with E-state index in [-0.39, 0.29) is 17.0 Å². The molecule has 0 bridgehead atoms. The molecule has 0 aliphatic carbocycles. The predicted octanol–water partition coefficient (Wildman–Crippen LogP) is 4.83. The molecule has 8 nitrogen and oxygen atoms in total. The van der Waals surface area contributed by atoms with E-state index in [1.165, 1.54) is 12.1 Å². The standard InChI is InChI=1S/C27H26N2O6/c1-18-3-7-20(8-4-18)25(30)26(21-9-5-19(2)6-10-21)35-27(31)22-11-12-23(24(17-22)29(32)33)28-13-15-34-16-14-28/h3-12,17,26H,13-16H2,1-2H3/t26-/m0/s1. The Bertz CT molecular complexity index is 1230. The van der Waals surface area contributed by atoms with Crippen LogP contribution in [0.5, 0.6) is 0 Å². The van der Waals surface area contributed by atoms with Crippen LogP contribution in [-0.4, -0.2) is 43.0 Å². The van der Waals surface area contributed by atoms with E-state index >= 15 is 0 Å². The van der Waals surface area contributed by atoms with Crippen LogP contribution >= 0.6 is 0 Å². The van der Waals surface area contributed by atoms with Gasteiger partial charge in [-0.3, -0.25) is 14.9 Å². The first kappa shape index (κ1) is 24.1. The summed E-state index contributed by atoms with van der Waals surface area (Å²) in [6.45, 7) is 5.82. The van der Waals surface area contributed by atoms with Crippen LogP contribution in [0.2, 0.25) is 0 Å². The third kappa shape index (κ3) is 5.55. The maximum atomic E-state index is 13.3. The van der Waals surface area contributed by atoms with Gasteiger partial charge >= 0.3 is 5.97 Å².